The van der Waals surface area contributed by atoms with Gasteiger partial charge in [-0.1, -0.05) is 18.2 Å². The number of hydrogen-bond donors (Lipinski definition) is 3. The molecule has 7 nitrogen and oxygen atoms in total. The number of methoxy groups -OCH3 is 2. The van der Waals surface area contributed by atoms with Crippen molar-refractivity contribution >= 4 is 17.6 Å². The second-order valence-corrected chi connectivity index (χ2v) is 6.84. The molecule has 2 aromatic rings. The predicted molar refractivity (Wildman–Crippen MR) is 115 cm³/mol. The topological polar surface area (TPSA) is 84.0 Å². The molecule has 1 aliphatic rings. The third kappa shape index (κ3) is 5.19. The molecule has 1 aliphatic heterocycles. The van der Waals surface area contributed by atoms with Gasteiger partial charge in [-0.25, -0.2) is 0 Å². The molecular weight excluding hydrogens is 368 g/mol. The van der Waals surface area contributed by atoms with Crippen LogP contribution in [0.3, 0.4) is 0 Å². The van der Waals surface area contributed by atoms with Crippen molar-refractivity contribution in [3.05, 3.63) is 53.6 Å². The molecule has 2 aromatic carbocycles. The molecule has 0 aromatic heterocycles. The first kappa shape index (κ1) is 20.5. The van der Waals surface area contributed by atoms with Gasteiger partial charge in [0.05, 0.1) is 14.2 Å². The van der Waals surface area contributed by atoms with E-state index in [1.807, 2.05) is 36.4 Å². The quantitative estimate of drug-likeness (QED) is 0.495. The van der Waals surface area contributed by atoms with Gasteiger partial charge in [0, 0.05) is 38.2 Å². The number of amides is 1. The van der Waals surface area contributed by atoms with Crippen LogP contribution >= 0.6 is 0 Å². The van der Waals surface area contributed by atoms with Gasteiger partial charge in [-0.05, 0) is 41.8 Å². The third-order valence-electron chi connectivity index (χ3n) is 5.02. The van der Waals surface area contributed by atoms with Crippen molar-refractivity contribution in [3.63, 3.8) is 0 Å². The van der Waals surface area contributed by atoms with Crippen LogP contribution in [0, 0.1) is 0 Å². The minimum Gasteiger partial charge on any atom is -0.497 e. The number of hydrogen-bond acceptors (Lipinski definition) is 4. The van der Waals surface area contributed by atoms with Crippen LogP contribution in [0.15, 0.2) is 47.5 Å². The molecule has 0 saturated heterocycles. The SMILES string of the molecule is CN=C(NCCc1cc(OC)ccc1OC)NCC1CC(=O)Nc2ccccc21. The average Bonchev–Trinajstić information content (AvgIpc) is 2.75. The first-order valence-electron chi connectivity index (χ1n) is 9.68. The predicted octanol–water partition coefficient (Wildman–Crippen LogP) is 2.54. The van der Waals surface area contributed by atoms with E-state index >= 15 is 0 Å². The fraction of sp³-hybridized carbons (Fsp3) is 0.364. The second kappa shape index (κ2) is 9.82. The zero-order chi connectivity index (χ0) is 20.6. The van der Waals surface area contributed by atoms with Crippen LogP contribution in [0.2, 0.25) is 0 Å². The lowest BCUT2D eigenvalue weighted by Crippen LogP contribution is -2.41. The standard InChI is InChI=1S/C22H28N4O3/c1-23-22(24-11-10-15-12-17(28-2)8-9-20(15)29-3)25-14-16-13-21(27)26-19-7-5-4-6-18(16)19/h4-9,12,16H,10-11,13-14H2,1-3H3,(H,26,27)(H2,23,24,25). The number of rotatable bonds is 7. The minimum absolute atomic E-state index is 0.0450. The molecular formula is C22H28N4O3. The molecule has 0 radical (unpaired) electrons. The maximum Gasteiger partial charge on any atom is 0.225 e. The number of guanidine groups is 1. The zero-order valence-electron chi connectivity index (χ0n) is 17.1. The van der Waals surface area contributed by atoms with Gasteiger partial charge >= 0.3 is 0 Å². The molecule has 7 heteroatoms. The highest BCUT2D eigenvalue weighted by Crippen LogP contribution is 2.31. The first-order chi connectivity index (χ1) is 14.1. The van der Waals surface area contributed by atoms with Crippen molar-refractivity contribution in [2.45, 2.75) is 18.8 Å². The van der Waals surface area contributed by atoms with Gasteiger partial charge in [0.25, 0.3) is 0 Å². The fourth-order valence-electron chi connectivity index (χ4n) is 3.52. The molecule has 3 rings (SSSR count). The van der Waals surface area contributed by atoms with Crippen LogP contribution < -0.4 is 25.4 Å². The van der Waals surface area contributed by atoms with Crippen LogP contribution in [-0.2, 0) is 11.2 Å². The Bertz CT molecular complexity index is 882. The Morgan fingerprint density at radius 1 is 1.17 bits per heavy atom. The first-order valence-corrected chi connectivity index (χ1v) is 9.68. The summed E-state index contributed by atoms with van der Waals surface area (Å²) in [4.78, 5) is 16.3. The van der Waals surface area contributed by atoms with Gasteiger partial charge in [0.15, 0.2) is 5.96 Å². The number of anilines is 1. The lowest BCUT2D eigenvalue weighted by Gasteiger charge is -2.26. The summed E-state index contributed by atoms with van der Waals surface area (Å²) in [6.07, 6.45) is 1.22. The van der Waals surface area contributed by atoms with E-state index in [4.69, 9.17) is 9.47 Å². The maximum atomic E-state index is 12.0. The van der Waals surface area contributed by atoms with Crippen molar-refractivity contribution in [2.75, 3.05) is 39.7 Å². The Morgan fingerprint density at radius 3 is 2.76 bits per heavy atom. The van der Waals surface area contributed by atoms with Crippen LogP contribution in [-0.4, -0.2) is 46.2 Å². The van der Waals surface area contributed by atoms with Crippen LogP contribution in [0.1, 0.15) is 23.5 Å². The molecule has 0 saturated carbocycles. The van der Waals surface area contributed by atoms with E-state index in [-0.39, 0.29) is 11.8 Å². The molecule has 0 spiro atoms. The van der Waals surface area contributed by atoms with Crippen molar-refractivity contribution in [3.8, 4) is 11.5 Å². The Morgan fingerprint density at radius 2 is 2.00 bits per heavy atom. The lowest BCUT2D eigenvalue weighted by molar-refractivity contribution is -0.116. The second-order valence-electron chi connectivity index (χ2n) is 6.84. The molecule has 1 atom stereocenters. The van der Waals surface area contributed by atoms with Gasteiger partial charge < -0.3 is 25.4 Å². The summed E-state index contributed by atoms with van der Waals surface area (Å²) in [5, 5.41) is 9.59. The van der Waals surface area contributed by atoms with E-state index in [1.165, 1.54) is 0 Å². The fourth-order valence-corrected chi connectivity index (χ4v) is 3.52. The van der Waals surface area contributed by atoms with E-state index in [9.17, 15) is 4.79 Å². The summed E-state index contributed by atoms with van der Waals surface area (Å²) in [6, 6.07) is 13.7. The van der Waals surface area contributed by atoms with Gasteiger partial charge in [-0.15, -0.1) is 0 Å². The molecule has 0 bridgehead atoms. The lowest BCUT2D eigenvalue weighted by atomic mass is 9.90. The van der Waals surface area contributed by atoms with E-state index in [0.717, 1.165) is 34.7 Å². The smallest absolute Gasteiger partial charge is 0.225 e. The largest absolute Gasteiger partial charge is 0.497 e. The van der Waals surface area contributed by atoms with E-state index in [1.54, 1.807) is 21.3 Å². The summed E-state index contributed by atoms with van der Waals surface area (Å²) < 4.78 is 10.7. The minimum atomic E-state index is 0.0450. The average molecular weight is 396 g/mol. The number of aliphatic imine (C=N–C) groups is 1. The molecule has 1 amide bonds. The molecule has 1 heterocycles. The van der Waals surface area contributed by atoms with Crippen LogP contribution in [0.5, 0.6) is 11.5 Å². The highest BCUT2D eigenvalue weighted by atomic mass is 16.5. The Kier molecular flexibility index (Phi) is 6.94. The van der Waals surface area contributed by atoms with Gasteiger partial charge in [0.1, 0.15) is 11.5 Å². The highest BCUT2D eigenvalue weighted by Gasteiger charge is 2.24. The number of ether oxygens (including phenoxy) is 2. The number of nitrogens with one attached hydrogen (secondary N) is 3. The Hall–Kier alpha value is -3.22. The number of nitrogens with zero attached hydrogens (tertiary/aromatic N) is 1. The number of benzene rings is 2. The molecule has 3 N–H and O–H groups in total. The normalized spacial score (nSPS) is 15.9. The Labute approximate surface area is 171 Å². The van der Waals surface area contributed by atoms with Crippen molar-refractivity contribution < 1.29 is 14.3 Å². The molecule has 1 unspecified atom stereocenters. The Balaban J connectivity index is 1.55. The van der Waals surface area contributed by atoms with Crippen LogP contribution in [0.25, 0.3) is 0 Å². The van der Waals surface area contributed by atoms with Gasteiger partial charge in [-0.3, -0.25) is 9.79 Å². The molecule has 0 fully saturated rings. The van der Waals surface area contributed by atoms with E-state index in [2.05, 4.69) is 27.0 Å². The molecule has 29 heavy (non-hydrogen) atoms. The van der Waals surface area contributed by atoms with Gasteiger partial charge in [0.2, 0.25) is 5.91 Å². The van der Waals surface area contributed by atoms with E-state index in [0.29, 0.717) is 25.5 Å². The summed E-state index contributed by atoms with van der Waals surface area (Å²) in [7, 11) is 5.06. The highest BCUT2D eigenvalue weighted by molar-refractivity contribution is 5.94. The summed E-state index contributed by atoms with van der Waals surface area (Å²) in [6.45, 7) is 1.32. The number of fused-ring (bicyclic) bond motifs is 1. The number of carbonyl (C=O) groups is 1. The van der Waals surface area contributed by atoms with Crippen LogP contribution in [0.4, 0.5) is 5.69 Å². The summed E-state index contributed by atoms with van der Waals surface area (Å²) in [5.74, 6) is 2.49. The van der Waals surface area contributed by atoms with Crippen molar-refractivity contribution in [1.29, 1.82) is 0 Å². The van der Waals surface area contributed by atoms with Crippen molar-refractivity contribution in [2.24, 2.45) is 4.99 Å². The van der Waals surface area contributed by atoms with Crippen molar-refractivity contribution in [1.82, 2.24) is 10.6 Å². The number of para-hydroxylation sites is 1. The monoisotopic (exact) mass is 396 g/mol. The third-order valence-corrected chi connectivity index (χ3v) is 5.02. The maximum absolute atomic E-state index is 12.0. The zero-order valence-corrected chi connectivity index (χ0v) is 17.1. The van der Waals surface area contributed by atoms with Gasteiger partial charge in [-0.2, -0.15) is 0 Å². The number of carbonyl (C=O) groups excluding carboxylic acids is 1. The van der Waals surface area contributed by atoms with E-state index < -0.39 is 0 Å². The molecule has 154 valence electrons. The summed E-state index contributed by atoms with van der Waals surface area (Å²) in [5.41, 5.74) is 3.10. The molecule has 0 aliphatic carbocycles. The summed E-state index contributed by atoms with van der Waals surface area (Å²) >= 11 is 0.